The number of aryl methyl sites for hydroxylation is 1. The van der Waals surface area contributed by atoms with E-state index in [0.717, 1.165) is 24.0 Å². The molecule has 0 amide bonds. The van der Waals surface area contributed by atoms with Gasteiger partial charge in [0.1, 0.15) is 17.5 Å². The fourth-order valence-corrected chi connectivity index (χ4v) is 1.64. The van der Waals surface area contributed by atoms with E-state index in [2.05, 4.69) is 27.5 Å². The summed E-state index contributed by atoms with van der Waals surface area (Å²) in [6, 6.07) is 2.15. The summed E-state index contributed by atoms with van der Waals surface area (Å²) < 4.78 is 0. The molecule has 0 saturated carbocycles. The van der Waals surface area contributed by atoms with Crippen LogP contribution in [0.1, 0.15) is 38.9 Å². The molecule has 1 atom stereocenters. The minimum atomic E-state index is 0.215. The molecule has 1 aromatic heterocycles. The summed E-state index contributed by atoms with van der Waals surface area (Å²) in [5.41, 5.74) is 5.59. The van der Waals surface area contributed by atoms with Gasteiger partial charge in [-0.25, -0.2) is 9.97 Å². The van der Waals surface area contributed by atoms with Crippen molar-refractivity contribution in [2.75, 3.05) is 23.7 Å². The number of rotatable bonds is 8. The molecule has 0 saturated heterocycles. The smallest absolute Gasteiger partial charge is 0.132 e. The number of hydrogen-bond acceptors (Lipinski definition) is 5. The molecular formula is C13H25N5. The molecular weight excluding hydrogens is 226 g/mol. The van der Waals surface area contributed by atoms with E-state index < -0.39 is 0 Å². The second-order valence-corrected chi connectivity index (χ2v) is 4.60. The normalized spacial score (nSPS) is 12.2. The van der Waals surface area contributed by atoms with Crippen molar-refractivity contribution in [3.63, 3.8) is 0 Å². The van der Waals surface area contributed by atoms with E-state index in [1.54, 1.807) is 0 Å². The van der Waals surface area contributed by atoms with E-state index in [1.807, 2.05) is 19.9 Å². The zero-order valence-corrected chi connectivity index (χ0v) is 11.7. The van der Waals surface area contributed by atoms with Crippen LogP contribution in [-0.2, 0) is 0 Å². The second-order valence-electron chi connectivity index (χ2n) is 4.60. The summed E-state index contributed by atoms with van der Waals surface area (Å²) in [6.45, 7) is 7.67. The number of nitrogens with two attached hydrogens (primary N) is 1. The van der Waals surface area contributed by atoms with Crippen LogP contribution in [0.3, 0.4) is 0 Å². The van der Waals surface area contributed by atoms with Crippen molar-refractivity contribution in [2.24, 2.45) is 5.73 Å². The third-order valence-electron chi connectivity index (χ3n) is 2.67. The number of anilines is 2. The van der Waals surface area contributed by atoms with Gasteiger partial charge in [-0.1, -0.05) is 19.8 Å². The Hall–Kier alpha value is -1.36. The van der Waals surface area contributed by atoms with Gasteiger partial charge in [-0.2, -0.15) is 0 Å². The van der Waals surface area contributed by atoms with Gasteiger partial charge in [-0.3, -0.25) is 0 Å². The summed E-state index contributed by atoms with van der Waals surface area (Å²) in [4.78, 5) is 8.72. The van der Waals surface area contributed by atoms with Gasteiger partial charge < -0.3 is 16.4 Å². The van der Waals surface area contributed by atoms with Crippen molar-refractivity contribution in [1.29, 1.82) is 0 Å². The van der Waals surface area contributed by atoms with Gasteiger partial charge >= 0.3 is 0 Å². The lowest BCUT2D eigenvalue weighted by molar-refractivity contribution is 0.741. The second kappa shape index (κ2) is 7.87. The molecule has 5 nitrogen and oxygen atoms in total. The van der Waals surface area contributed by atoms with Gasteiger partial charge in [0.05, 0.1) is 0 Å². The monoisotopic (exact) mass is 251 g/mol. The maximum absolute atomic E-state index is 5.59. The Morgan fingerprint density at radius 3 is 2.67 bits per heavy atom. The van der Waals surface area contributed by atoms with Crippen LogP contribution in [-0.4, -0.2) is 29.1 Å². The quantitative estimate of drug-likeness (QED) is 0.617. The number of unbranched alkanes of at least 4 members (excludes halogenated alkanes) is 2. The lowest BCUT2D eigenvalue weighted by Crippen LogP contribution is -2.25. The highest BCUT2D eigenvalue weighted by molar-refractivity contribution is 5.47. The average Bonchev–Trinajstić information content (AvgIpc) is 2.34. The van der Waals surface area contributed by atoms with E-state index in [0.29, 0.717) is 6.54 Å². The first-order valence-corrected chi connectivity index (χ1v) is 6.71. The van der Waals surface area contributed by atoms with E-state index in [4.69, 9.17) is 5.73 Å². The van der Waals surface area contributed by atoms with Crippen LogP contribution in [0.2, 0.25) is 0 Å². The zero-order chi connectivity index (χ0) is 13.4. The largest absolute Gasteiger partial charge is 0.370 e. The van der Waals surface area contributed by atoms with Crippen LogP contribution in [0.25, 0.3) is 0 Å². The molecule has 1 aromatic rings. The van der Waals surface area contributed by atoms with Crippen LogP contribution in [0.15, 0.2) is 6.07 Å². The van der Waals surface area contributed by atoms with Crippen LogP contribution in [0.4, 0.5) is 11.6 Å². The predicted molar refractivity (Wildman–Crippen MR) is 76.9 cm³/mol. The highest BCUT2D eigenvalue weighted by Crippen LogP contribution is 2.12. The molecule has 102 valence electrons. The van der Waals surface area contributed by atoms with Crippen molar-refractivity contribution in [3.8, 4) is 0 Å². The molecule has 0 aliphatic carbocycles. The molecule has 1 unspecified atom stereocenters. The van der Waals surface area contributed by atoms with Gasteiger partial charge in [0.25, 0.3) is 0 Å². The minimum absolute atomic E-state index is 0.215. The Morgan fingerprint density at radius 1 is 1.28 bits per heavy atom. The van der Waals surface area contributed by atoms with Crippen molar-refractivity contribution in [1.82, 2.24) is 9.97 Å². The number of aromatic nitrogens is 2. The first-order valence-electron chi connectivity index (χ1n) is 6.71. The van der Waals surface area contributed by atoms with Crippen molar-refractivity contribution in [3.05, 3.63) is 11.9 Å². The fourth-order valence-electron chi connectivity index (χ4n) is 1.64. The summed E-state index contributed by atoms with van der Waals surface area (Å²) in [5.74, 6) is 2.48. The zero-order valence-electron chi connectivity index (χ0n) is 11.7. The molecule has 18 heavy (non-hydrogen) atoms. The standard InChI is InChI=1S/C13H25N5/c1-4-5-6-7-15-12-8-13(16-10(2)9-14)18-11(3)17-12/h8,10H,4-7,9,14H2,1-3H3,(H2,15,16,17,18). The Morgan fingerprint density at radius 2 is 2.00 bits per heavy atom. The Kier molecular flexibility index (Phi) is 6.43. The van der Waals surface area contributed by atoms with Gasteiger partial charge in [0, 0.05) is 25.2 Å². The van der Waals surface area contributed by atoms with E-state index in [9.17, 15) is 0 Å². The van der Waals surface area contributed by atoms with Gasteiger partial charge in [0.2, 0.25) is 0 Å². The summed E-state index contributed by atoms with van der Waals surface area (Å²) in [5, 5.41) is 6.59. The van der Waals surface area contributed by atoms with Crippen molar-refractivity contribution < 1.29 is 0 Å². The average molecular weight is 251 g/mol. The molecule has 0 spiro atoms. The number of nitrogens with zero attached hydrogens (tertiary/aromatic N) is 2. The molecule has 5 heteroatoms. The molecule has 1 rings (SSSR count). The molecule has 4 N–H and O–H groups in total. The maximum atomic E-state index is 5.59. The third kappa shape index (κ3) is 5.31. The number of nitrogens with one attached hydrogen (secondary N) is 2. The Labute approximate surface area is 110 Å². The molecule has 1 heterocycles. The summed E-state index contributed by atoms with van der Waals surface area (Å²) in [6.07, 6.45) is 3.64. The Balaban J connectivity index is 2.57. The van der Waals surface area contributed by atoms with Crippen LogP contribution >= 0.6 is 0 Å². The lowest BCUT2D eigenvalue weighted by Gasteiger charge is -2.14. The molecule has 0 radical (unpaired) electrons. The van der Waals surface area contributed by atoms with E-state index in [-0.39, 0.29) is 6.04 Å². The first kappa shape index (κ1) is 14.7. The van der Waals surface area contributed by atoms with Crippen LogP contribution < -0.4 is 16.4 Å². The molecule has 0 aliphatic heterocycles. The lowest BCUT2D eigenvalue weighted by atomic mass is 10.2. The Bertz CT molecular complexity index is 353. The molecule has 0 aliphatic rings. The maximum Gasteiger partial charge on any atom is 0.132 e. The molecule has 0 fully saturated rings. The highest BCUT2D eigenvalue weighted by atomic mass is 15.1. The fraction of sp³-hybridized carbons (Fsp3) is 0.692. The highest BCUT2D eigenvalue weighted by Gasteiger charge is 2.04. The van der Waals surface area contributed by atoms with Crippen LogP contribution in [0.5, 0.6) is 0 Å². The van der Waals surface area contributed by atoms with Gasteiger partial charge in [-0.15, -0.1) is 0 Å². The van der Waals surface area contributed by atoms with E-state index >= 15 is 0 Å². The van der Waals surface area contributed by atoms with Crippen molar-refractivity contribution >= 4 is 11.6 Å². The SMILES string of the molecule is CCCCCNc1cc(NC(C)CN)nc(C)n1. The first-order chi connectivity index (χ1) is 8.65. The van der Waals surface area contributed by atoms with Gasteiger partial charge in [0.15, 0.2) is 0 Å². The van der Waals surface area contributed by atoms with Gasteiger partial charge in [-0.05, 0) is 20.3 Å². The minimum Gasteiger partial charge on any atom is -0.370 e. The molecule has 0 bridgehead atoms. The molecule has 0 aromatic carbocycles. The third-order valence-corrected chi connectivity index (χ3v) is 2.67. The summed E-state index contributed by atoms with van der Waals surface area (Å²) in [7, 11) is 0. The predicted octanol–water partition coefficient (Wildman–Crippen LogP) is 2.15. The van der Waals surface area contributed by atoms with Crippen molar-refractivity contribution in [2.45, 2.75) is 46.1 Å². The van der Waals surface area contributed by atoms with Crippen LogP contribution in [0, 0.1) is 6.92 Å². The topological polar surface area (TPSA) is 75.9 Å². The number of hydrogen-bond donors (Lipinski definition) is 3. The van der Waals surface area contributed by atoms with E-state index in [1.165, 1.54) is 19.3 Å². The summed E-state index contributed by atoms with van der Waals surface area (Å²) >= 11 is 0.